The van der Waals surface area contributed by atoms with Crippen LogP contribution in [0, 0.1) is 12.8 Å². The normalized spacial score (nSPS) is 10.2. The predicted octanol–water partition coefficient (Wildman–Crippen LogP) is 0.750. The van der Waals surface area contributed by atoms with Gasteiger partial charge in [0.25, 0.3) is 0 Å². The molecule has 0 fully saturated rings. The number of ether oxygens (including phenoxy) is 2. The summed E-state index contributed by atoms with van der Waals surface area (Å²) in [6, 6.07) is 0.104. The van der Waals surface area contributed by atoms with Crippen molar-refractivity contribution in [2.45, 2.75) is 20.8 Å². The van der Waals surface area contributed by atoms with Gasteiger partial charge in [-0.1, -0.05) is 13.8 Å². The van der Waals surface area contributed by atoms with Crippen molar-refractivity contribution in [2.24, 2.45) is 5.92 Å². The van der Waals surface area contributed by atoms with Gasteiger partial charge in [-0.05, 0) is 6.92 Å². The second-order valence-corrected chi connectivity index (χ2v) is 3.23. The summed E-state index contributed by atoms with van der Waals surface area (Å²) >= 11 is 0. The Labute approximate surface area is 87.7 Å². The van der Waals surface area contributed by atoms with E-state index in [1.54, 1.807) is 20.8 Å². The highest BCUT2D eigenvalue weighted by Gasteiger charge is 2.13. The SMILES string of the molecule is COc1nc(C)nc(OC(=O)C(C)C)n1. The van der Waals surface area contributed by atoms with Crippen molar-refractivity contribution in [2.75, 3.05) is 7.11 Å². The first-order valence-electron chi connectivity index (χ1n) is 4.51. The minimum Gasteiger partial charge on any atom is -0.467 e. The van der Waals surface area contributed by atoms with Crippen LogP contribution in [0.3, 0.4) is 0 Å². The van der Waals surface area contributed by atoms with E-state index >= 15 is 0 Å². The van der Waals surface area contributed by atoms with Crippen LogP contribution in [0.25, 0.3) is 0 Å². The van der Waals surface area contributed by atoms with Gasteiger partial charge >= 0.3 is 18.0 Å². The number of aryl methyl sites for hydroxylation is 1. The van der Waals surface area contributed by atoms with E-state index in [0.717, 1.165) is 0 Å². The van der Waals surface area contributed by atoms with Crippen molar-refractivity contribution in [3.8, 4) is 12.0 Å². The molecule has 0 aliphatic rings. The Morgan fingerprint density at radius 1 is 1.20 bits per heavy atom. The third-order valence-corrected chi connectivity index (χ3v) is 1.55. The Morgan fingerprint density at radius 3 is 2.33 bits per heavy atom. The molecule has 82 valence electrons. The van der Waals surface area contributed by atoms with E-state index < -0.39 is 0 Å². The number of nitrogens with zero attached hydrogens (tertiary/aromatic N) is 3. The molecule has 0 aromatic carbocycles. The van der Waals surface area contributed by atoms with Crippen LogP contribution >= 0.6 is 0 Å². The zero-order chi connectivity index (χ0) is 11.4. The third-order valence-electron chi connectivity index (χ3n) is 1.55. The van der Waals surface area contributed by atoms with E-state index in [1.807, 2.05) is 0 Å². The fourth-order valence-corrected chi connectivity index (χ4v) is 0.778. The van der Waals surface area contributed by atoms with Crippen molar-refractivity contribution in [1.29, 1.82) is 0 Å². The van der Waals surface area contributed by atoms with E-state index in [4.69, 9.17) is 9.47 Å². The van der Waals surface area contributed by atoms with E-state index in [0.29, 0.717) is 5.82 Å². The molecule has 0 atom stereocenters. The number of methoxy groups -OCH3 is 1. The number of carbonyl (C=O) groups excluding carboxylic acids is 1. The van der Waals surface area contributed by atoms with Crippen LogP contribution in [-0.2, 0) is 4.79 Å². The van der Waals surface area contributed by atoms with Crippen LogP contribution in [0.5, 0.6) is 12.0 Å². The standard InChI is InChI=1S/C9H13N3O3/c1-5(2)7(13)15-9-11-6(3)10-8(12-9)14-4/h5H,1-4H3. The highest BCUT2D eigenvalue weighted by molar-refractivity contribution is 5.73. The summed E-state index contributed by atoms with van der Waals surface area (Å²) in [5.41, 5.74) is 0. The van der Waals surface area contributed by atoms with Crippen LogP contribution in [0.2, 0.25) is 0 Å². The lowest BCUT2D eigenvalue weighted by molar-refractivity contribution is -0.138. The maximum atomic E-state index is 11.3. The van der Waals surface area contributed by atoms with E-state index in [1.165, 1.54) is 7.11 Å². The predicted molar refractivity (Wildman–Crippen MR) is 51.6 cm³/mol. The summed E-state index contributed by atoms with van der Waals surface area (Å²) in [5.74, 6) is -0.177. The molecule has 0 bridgehead atoms. The van der Waals surface area contributed by atoms with Gasteiger partial charge in [-0.25, -0.2) is 0 Å². The number of rotatable bonds is 3. The van der Waals surface area contributed by atoms with Gasteiger partial charge in [-0.3, -0.25) is 4.79 Å². The molecule has 15 heavy (non-hydrogen) atoms. The molecule has 1 rings (SSSR count). The average molecular weight is 211 g/mol. The molecule has 1 aromatic rings. The number of esters is 1. The van der Waals surface area contributed by atoms with Gasteiger partial charge < -0.3 is 9.47 Å². The van der Waals surface area contributed by atoms with Gasteiger partial charge in [-0.2, -0.15) is 9.97 Å². The van der Waals surface area contributed by atoms with E-state index in [-0.39, 0.29) is 23.9 Å². The Morgan fingerprint density at radius 2 is 1.80 bits per heavy atom. The average Bonchev–Trinajstić information content (AvgIpc) is 2.16. The fourth-order valence-electron chi connectivity index (χ4n) is 0.778. The van der Waals surface area contributed by atoms with Gasteiger partial charge in [0.15, 0.2) is 0 Å². The number of carbonyl (C=O) groups is 1. The lowest BCUT2D eigenvalue weighted by Gasteiger charge is -2.05. The number of aromatic nitrogens is 3. The summed E-state index contributed by atoms with van der Waals surface area (Å²) in [5, 5.41) is 0. The topological polar surface area (TPSA) is 74.2 Å². The van der Waals surface area contributed by atoms with Crippen LogP contribution in [0.4, 0.5) is 0 Å². The molecule has 1 aromatic heterocycles. The molecule has 0 aliphatic heterocycles. The fraction of sp³-hybridized carbons (Fsp3) is 0.556. The van der Waals surface area contributed by atoms with Gasteiger partial charge in [0.1, 0.15) is 5.82 Å². The molecule has 0 spiro atoms. The van der Waals surface area contributed by atoms with Crippen molar-refractivity contribution >= 4 is 5.97 Å². The summed E-state index contributed by atoms with van der Waals surface area (Å²) < 4.78 is 9.74. The molecule has 6 nitrogen and oxygen atoms in total. The molecule has 6 heteroatoms. The van der Waals surface area contributed by atoms with Gasteiger partial charge in [0.05, 0.1) is 13.0 Å². The number of hydrogen-bond donors (Lipinski definition) is 0. The molecule has 0 saturated heterocycles. The first kappa shape index (κ1) is 11.4. The van der Waals surface area contributed by atoms with Crippen LogP contribution in [0.1, 0.15) is 19.7 Å². The molecule has 0 N–H and O–H groups in total. The zero-order valence-electron chi connectivity index (χ0n) is 9.14. The van der Waals surface area contributed by atoms with Gasteiger partial charge in [-0.15, -0.1) is 4.98 Å². The molecule has 0 aliphatic carbocycles. The van der Waals surface area contributed by atoms with Crippen molar-refractivity contribution in [1.82, 2.24) is 15.0 Å². The lowest BCUT2D eigenvalue weighted by atomic mass is 10.2. The maximum absolute atomic E-state index is 11.3. The summed E-state index contributed by atoms with van der Waals surface area (Å²) in [7, 11) is 1.43. The van der Waals surface area contributed by atoms with Gasteiger partial charge in [0, 0.05) is 0 Å². The Hall–Kier alpha value is -1.72. The smallest absolute Gasteiger partial charge is 0.330 e. The Bertz CT molecular complexity index is 366. The molecular formula is C9H13N3O3. The Kier molecular flexibility index (Phi) is 3.54. The first-order chi connectivity index (χ1) is 7.02. The van der Waals surface area contributed by atoms with Crippen molar-refractivity contribution in [3.05, 3.63) is 5.82 Å². The monoisotopic (exact) mass is 211 g/mol. The molecular weight excluding hydrogens is 198 g/mol. The quantitative estimate of drug-likeness (QED) is 0.687. The molecule has 0 unspecified atom stereocenters. The second-order valence-electron chi connectivity index (χ2n) is 3.23. The number of hydrogen-bond acceptors (Lipinski definition) is 6. The van der Waals surface area contributed by atoms with Crippen molar-refractivity contribution < 1.29 is 14.3 Å². The molecule has 0 amide bonds. The lowest BCUT2D eigenvalue weighted by Crippen LogP contribution is -2.17. The molecule has 1 heterocycles. The summed E-state index contributed by atoms with van der Waals surface area (Å²) in [6.07, 6.45) is 0. The minimum atomic E-state index is -0.386. The molecule has 0 radical (unpaired) electrons. The summed E-state index contributed by atoms with van der Waals surface area (Å²) in [6.45, 7) is 5.12. The zero-order valence-corrected chi connectivity index (χ0v) is 9.14. The third kappa shape index (κ3) is 3.16. The summed E-state index contributed by atoms with van der Waals surface area (Å²) in [4.78, 5) is 22.8. The maximum Gasteiger partial charge on any atom is 0.330 e. The van der Waals surface area contributed by atoms with Crippen LogP contribution < -0.4 is 9.47 Å². The van der Waals surface area contributed by atoms with Crippen LogP contribution in [0.15, 0.2) is 0 Å². The molecule has 0 saturated carbocycles. The van der Waals surface area contributed by atoms with Crippen LogP contribution in [-0.4, -0.2) is 28.0 Å². The largest absolute Gasteiger partial charge is 0.467 e. The highest BCUT2D eigenvalue weighted by Crippen LogP contribution is 2.10. The second kappa shape index (κ2) is 4.68. The highest BCUT2D eigenvalue weighted by atomic mass is 16.6. The minimum absolute atomic E-state index is 0.0296. The van der Waals surface area contributed by atoms with Gasteiger partial charge in [0.2, 0.25) is 0 Å². The Balaban J connectivity index is 2.85. The van der Waals surface area contributed by atoms with Crippen molar-refractivity contribution in [3.63, 3.8) is 0 Å². The van der Waals surface area contributed by atoms with E-state index in [9.17, 15) is 4.79 Å². The first-order valence-corrected chi connectivity index (χ1v) is 4.51. The van der Waals surface area contributed by atoms with E-state index in [2.05, 4.69) is 15.0 Å².